The summed E-state index contributed by atoms with van der Waals surface area (Å²) < 4.78 is 5.71. The number of hydrogen-bond acceptors (Lipinski definition) is 4. The molecule has 2 N–H and O–H groups in total. The van der Waals surface area contributed by atoms with E-state index in [1.165, 1.54) is 45.2 Å². The van der Waals surface area contributed by atoms with Crippen LogP contribution in [0.5, 0.6) is 5.75 Å². The lowest BCUT2D eigenvalue weighted by Gasteiger charge is -2.33. The van der Waals surface area contributed by atoms with Gasteiger partial charge in [-0.25, -0.2) is 9.59 Å². The maximum Gasteiger partial charge on any atom is 0.414 e. The van der Waals surface area contributed by atoms with Crippen molar-refractivity contribution in [2.45, 2.75) is 51.5 Å². The molecule has 1 saturated heterocycles. The van der Waals surface area contributed by atoms with E-state index in [1.54, 1.807) is 0 Å². The molecule has 1 aliphatic heterocycles. The van der Waals surface area contributed by atoms with Gasteiger partial charge in [0.05, 0.1) is 6.61 Å². The molecule has 0 radical (unpaired) electrons. The first-order chi connectivity index (χ1) is 12.0. The van der Waals surface area contributed by atoms with E-state index in [0.717, 1.165) is 24.8 Å². The van der Waals surface area contributed by atoms with Gasteiger partial charge in [-0.3, -0.25) is 0 Å². The van der Waals surface area contributed by atoms with Crippen LogP contribution in [0.2, 0.25) is 0 Å². The SMILES string of the molecule is CC1CCCCN1CCCCCOc1ccccc1.O=C(O)C(=O)O. The van der Waals surface area contributed by atoms with Crippen molar-refractivity contribution in [2.75, 3.05) is 19.7 Å². The standard InChI is InChI=1S/C17H27NO.C2H2O4/c1-16-10-6-8-14-18(16)13-7-3-9-15-19-17-11-4-2-5-12-17;3-1(4)2(5)6/h2,4-5,11-12,16H,3,6-10,13-15H2,1H3;(H,3,4)(H,5,6). The molecule has 2 rings (SSSR count). The summed E-state index contributed by atoms with van der Waals surface area (Å²) in [4.78, 5) is 20.9. The number of piperidine rings is 1. The number of para-hydroxylation sites is 1. The Balaban J connectivity index is 0.000000450. The lowest BCUT2D eigenvalue weighted by Crippen LogP contribution is -2.37. The Bertz CT molecular complexity index is 494. The van der Waals surface area contributed by atoms with E-state index < -0.39 is 11.9 Å². The number of aliphatic carboxylic acids is 2. The molecule has 1 heterocycles. The van der Waals surface area contributed by atoms with Crippen LogP contribution in [0.1, 0.15) is 45.4 Å². The highest BCUT2D eigenvalue weighted by Gasteiger charge is 2.16. The molecule has 0 amide bonds. The van der Waals surface area contributed by atoms with Crippen molar-refractivity contribution in [1.82, 2.24) is 4.90 Å². The minimum absolute atomic E-state index is 0.800. The van der Waals surface area contributed by atoms with E-state index in [4.69, 9.17) is 24.5 Å². The van der Waals surface area contributed by atoms with E-state index in [0.29, 0.717) is 0 Å². The highest BCUT2D eigenvalue weighted by Crippen LogP contribution is 2.17. The second kappa shape index (κ2) is 12.3. The molecule has 0 saturated carbocycles. The number of hydrogen-bond donors (Lipinski definition) is 2. The van der Waals surface area contributed by atoms with Gasteiger partial charge in [0.2, 0.25) is 0 Å². The Morgan fingerprint density at radius 1 is 1.08 bits per heavy atom. The molecule has 0 spiro atoms. The van der Waals surface area contributed by atoms with E-state index in [-0.39, 0.29) is 0 Å². The molecule has 140 valence electrons. The maximum atomic E-state index is 9.10. The quantitative estimate of drug-likeness (QED) is 0.579. The van der Waals surface area contributed by atoms with Gasteiger partial charge in [-0.15, -0.1) is 0 Å². The second-order valence-electron chi connectivity index (χ2n) is 6.21. The fourth-order valence-corrected chi connectivity index (χ4v) is 2.79. The van der Waals surface area contributed by atoms with Crippen molar-refractivity contribution in [2.24, 2.45) is 0 Å². The fraction of sp³-hybridized carbons (Fsp3) is 0.579. The molecule has 25 heavy (non-hydrogen) atoms. The molecular weight excluding hydrogens is 322 g/mol. The summed E-state index contributed by atoms with van der Waals surface area (Å²) in [5.41, 5.74) is 0. The molecule has 6 heteroatoms. The van der Waals surface area contributed by atoms with Crippen molar-refractivity contribution in [3.63, 3.8) is 0 Å². The number of carboxylic acids is 2. The van der Waals surface area contributed by atoms with E-state index >= 15 is 0 Å². The van der Waals surface area contributed by atoms with Gasteiger partial charge in [-0.1, -0.05) is 24.6 Å². The summed E-state index contributed by atoms with van der Waals surface area (Å²) >= 11 is 0. The Kier molecular flexibility index (Phi) is 10.3. The third-order valence-corrected chi connectivity index (χ3v) is 4.23. The number of carboxylic acid groups (broad SMARTS) is 2. The number of rotatable bonds is 7. The molecular formula is C19H29NO5. The minimum Gasteiger partial charge on any atom is -0.494 e. The van der Waals surface area contributed by atoms with E-state index in [2.05, 4.69) is 11.8 Å². The normalized spacial score (nSPS) is 17.2. The van der Waals surface area contributed by atoms with Gasteiger partial charge < -0.3 is 19.8 Å². The molecule has 6 nitrogen and oxygen atoms in total. The zero-order valence-electron chi connectivity index (χ0n) is 14.9. The van der Waals surface area contributed by atoms with Crippen LogP contribution in [0.15, 0.2) is 30.3 Å². The van der Waals surface area contributed by atoms with Gasteiger partial charge in [-0.05, 0) is 64.3 Å². The summed E-state index contributed by atoms with van der Waals surface area (Å²) in [7, 11) is 0. The lowest BCUT2D eigenvalue weighted by atomic mass is 10.0. The van der Waals surface area contributed by atoms with Crippen molar-refractivity contribution in [3.05, 3.63) is 30.3 Å². The van der Waals surface area contributed by atoms with Crippen molar-refractivity contribution >= 4 is 11.9 Å². The van der Waals surface area contributed by atoms with Crippen LogP contribution in [0, 0.1) is 0 Å². The first-order valence-corrected chi connectivity index (χ1v) is 8.89. The largest absolute Gasteiger partial charge is 0.494 e. The molecule has 0 bridgehead atoms. The van der Waals surface area contributed by atoms with Crippen LogP contribution < -0.4 is 4.74 Å². The highest BCUT2D eigenvalue weighted by atomic mass is 16.5. The summed E-state index contributed by atoms with van der Waals surface area (Å²) in [6, 6.07) is 10.9. The third kappa shape index (κ3) is 9.72. The number of benzene rings is 1. The fourth-order valence-electron chi connectivity index (χ4n) is 2.79. The van der Waals surface area contributed by atoms with Crippen LogP contribution in [0.25, 0.3) is 0 Å². The zero-order valence-corrected chi connectivity index (χ0v) is 14.9. The molecule has 1 aliphatic rings. The van der Waals surface area contributed by atoms with Gasteiger partial charge in [0.25, 0.3) is 0 Å². The average Bonchev–Trinajstić information content (AvgIpc) is 2.61. The van der Waals surface area contributed by atoms with Crippen molar-refractivity contribution in [1.29, 1.82) is 0 Å². The molecule has 1 fully saturated rings. The number of ether oxygens (including phenoxy) is 1. The predicted octanol–water partition coefficient (Wildman–Crippen LogP) is 3.27. The molecule has 1 aromatic carbocycles. The number of nitrogens with zero attached hydrogens (tertiary/aromatic N) is 1. The maximum absolute atomic E-state index is 9.10. The van der Waals surface area contributed by atoms with Crippen LogP contribution in [0.4, 0.5) is 0 Å². The monoisotopic (exact) mass is 351 g/mol. The summed E-state index contributed by atoms with van der Waals surface area (Å²) in [5, 5.41) is 14.8. The Hall–Kier alpha value is -2.08. The summed E-state index contributed by atoms with van der Waals surface area (Å²) in [6.07, 6.45) is 7.94. The first-order valence-electron chi connectivity index (χ1n) is 8.89. The van der Waals surface area contributed by atoms with E-state index in [9.17, 15) is 0 Å². The molecule has 1 unspecified atom stereocenters. The number of likely N-dealkylation sites (tertiary alicyclic amines) is 1. The smallest absolute Gasteiger partial charge is 0.414 e. The van der Waals surface area contributed by atoms with Crippen LogP contribution in [-0.4, -0.2) is 52.8 Å². The van der Waals surface area contributed by atoms with Gasteiger partial charge in [0, 0.05) is 6.04 Å². The Morgan fingerprint density at radius 3 is 2.36 bits per heavy atom. The lowest BCUT2D eigenvalue weighted by molar-refractivity contribution is -0.159. The summed E-state index contributed by atoms with van der Waals surface area (Å²) in [5.74, 6) is -2.66. The molecule has 0 aromatic heterocycles. The average molecular weight is 351 g/mol. The van der Waals surface area contributed by atoms with Crippen LogP contribution in [-0.2, 0) is 9.59 Å². The number of unbranched alkanes of at least 4 members (excludes halogenated alkanes) is 2. The van der Waals surface area contributed by atoms with Crippen LogP contribution >= 0.6 is 0 Å². The zero-order chi connectivity index (χ0) is 18.5. The Labute approximate surface area is 149 Å². The van der Waals surface area contributed by atoms with Gasteiger partial charge in [0.15, 0.2) is 0 Å². The predicted molar refractivity (Wildman–Crippen MR) is 95.9 cm³/mol. The first kappa shape index (κ1) is 21.0. The third-order valence-electron chi connectivity index (χ3n) is 4.23. The van der Waals surface area contributed by atoms with Gasteiger partial charge >= 0.3 is 11.9 Å². The van der Waals surface area contributed by atoms with Crippen molar-refractivity contribution < 1.29 is 24.5 Å². The highest BCUT2D eigenvalue weighted by molar-refractivity contribution is 6.27. The van der Waals surface area contributed by atoms with Gasteiger partial charge in [0.1, 0.15) is 5.75 Å². The minimum atomic E-state index is -1.82. The Morgan fingerprint density at radius 2 is 1.76 bits per heavy atom. The molecule has 1 aromatic rings. The molecule has 0 aliphatic carbocycles. The number of carbonyl (C=O) groups is 2. The topological polar surface area (TPSA) is 87.1 Å². The molecule has 1 atom stereocenters. The summed E-state index contributed by atoms with van der Waals surface area (Å²) in [6.45, 7) is 5.80. The van der Waals surface area contributed by atoms with Gasteiger partial charge in [-0.2, -0.15) is 0 Å². The van der Waals surface area contributed by atoms with E-state index in [1.807, 2.05) is 30.3 Å². The second-order valence-corrected chi connectivity index (χ2v) is 6.21. The van der Waals surface area contributed by atoms with Crippen molar-refractivity contribution in [3.8, 4) is 5.75 Å². The van der Waals surface area contributed by atoms with Crippen LogP contribution in [0.3, 0.4) is 0 Å².